The number of nitrogens with zero attached hydrogens (tertiary/aromatic N) is 2. The Morgan fingerprint density at radius 1 is 1.03 bits per heavy atom. The monoisotopic (exact) mass is 452 g/mol. The number of aromatic nitrogens is 1. The molecular weight excluding hydrogens is 424 g/mol. The van der Waals surface area contributed by atoms with Gasteiger partial charge in [0.15, 0.2) is 5.78 Å². The van der Waals surface area contributed by atoms with E-state index >= 15 is 0 Å². The van der Waals surface area contributed by atoms with Gasteiger partial charge in [0.2, 0.25) is 5.91 Å². The fraction of sp³-hybridized carbons (Fsp3) is 0.417. The number of pyridine rings is 1. The van der Waals surface area contributed by atoms with Crippen molar-refractivity contribution in [2.24, 2.45) is 5.92 Å². The number of carbonyl (C=O) groups excluding carboxylic acids is 3. The summed E-state index contributed by atoms with van der Waals surface area (Å²) in [7, 11) is 1.52. The SMILES string of the molecule is COCCC(=O)Nc1ccc2n(c1=O)C[C@H]1C[C@@H]2CN(C(=O)Nc2ccc(C(C)=O)cc2)C1. The number of rotatable bonds is 6. The molecule has 4 rings (SSSR count). The Bertz CT molecular complexity index is 1120. The van der Waals surface area contributed by atoms with Crippen LogP contribution in [-0.4, -0.2) is 54.0 Å². The van der Waals surface area contributed by atoms with Crippen molar-refractivity contribution in [1.29, 1.82) is 0 Å². The summed E-state index contributed by atoms with van der Waals surface area (Å²) < 4.78 is 6.64. The van der Waals surface area contributed by atoms with Crippen molar-refractivity contribution >= 4 is 29.1 Å². The first-order valence-electron chi connectivity index (χ1n) is 11.0. The largest absolute Gasteiger partial charge is 0.384 e. The number of fused-ring (bicyclic) bond motifs is 4. The summed E-state index contributed by atoms with van der Waals surface area (Å²) in [6.07, 6.45) is 1.10. The molecule has 1 saturated heterocycles. The second-order valence-corrected chi connectivity index (χ2v) is 8.65. The molecular formula is C24H28N4O5. The number of amides is 3. The minimum atomic E-state index is -0.260. The number of ketones is 1. The van der Waals surface area contributed by atoms with E-state index in [2.05, 4.69) is 10.6 Å². The summed E-state index contributed by atoms with van der Waals surface area (Å²) >= 11 is 0. The fourth-order valence-corrected chi connectivity index (χ4v) is 4.61. The average Bonchev–Trinajstić information content (AvgIpc) is 2.80. The van der Waals surface area contributed by atoms with E-state index in [9.17, 15) is 19.2 Å². The Labute approximate surface area is 191 Å². The molecule has 2 atom stereocenters. The molecule has 2 N–H and O–H groups in total. The third-order valence-corrected chi connectivity index (χ3v) is 6.24. The maximum atomic E-state index is 13.0. The van der Waals surface area contributed by atoms with Gasteiger partial charge in [0.25, 0.3) is 5.56 Å². The lowest BCUT2D eigenvalue weighted by molar-refractivity contribution is -0.117. The van der Waals surface area contributed by atoms with Crippen molar-refractivity contribution < 1.29 is 19.1 Å². The number of benzene rings is 1. The Balaban J connectivity index is 1.45. The van der Waals surface area contributed by atoms with E-state index in [1.807, 2.05) is 6.07 Å². The van der Waals surface area contributed by atoms with Crippen LogP contribution in [0.5, 0.6) is 0 Å². The van der Waals surface area contributed by atoms with Crippen molar-refractivity contribution in [1.82, 2.24) is 9.47 Å². The van der Waals surface area contributed by atoms with Crippen LogP contribution >= 0.6 is 0 Å². The van der Waals surface area contributed by atoms with E-state index in [1.54, 1.807) is 39.8 Å². The number of carbonyl (C=O) groups is 3. The molecule has 0 aliphatic carbocycles. The summed E-state index contributed by atoms with van der Waals surface area (Å²) in [4.78, 5) is 51.1. The zero-order valence-corrected chi connectivity index (χ0v) is 18.8. The molecule has 9 heteroatoms. The number of nitrogens with one attached hydrogen (secondary N) is 2. The summed E-state index contributed by atoms with van der Waals surface area (Å²) in [6, 6.07) is 10.1. The van der Waals surface area contributed by atoms with E-state index in [-0.39, 0.29) is 47.2 Å². The first-order chi connectivity index (χ1) is 15.9. The summed E-state index contributed by atoms with van der Waals surface area (Å²) in [5.74, 6) is -0.0819. The maximum absolute atomic E-state index is 13.0. The molecule has 174 valence electrons. The molecule has 0 radical (unpaired) electrons. The van der Waals surface area contributed by atoms with Crippen molar-refractivity contribution in [3.8, 4) is 0 Å². The van der Waals surface area contributed by atoms with Crippen molar-refractivity contribution in [3.63, 3.8) is 0 Å². The van der Waals surface area contributed by atoms with E-state index in [1.165, 1.54) is 14.0 Å². The Morgan fingerprint density at radius 2 is 1.79 bits per heavy atom. The first kappa shape index (κ1) is 22.7. The number of Topliss-reactive ketones (excluding diaryl/α,β-unsaturated/α-hetero) is 1. The fourth-order valence-electron chi connectivity index (χ4n) is 4.61. The Hall–Kier alpha value is -3.46. The quantitative estimate of drug-likeness (QED) is 0.655. The number of methoxy groups -OCH3 is 1. The third kappa shape index (κ3) is 4.98. The Kier molecular flexibility index (Phi) is 6.60. The highest BCUT2D eigenvalue weighted by Crippen LogP contribution is 2.35. The van der Waals surface area contributed by atoms with Crippen molar-refractivity contribution in [2.75, 3.05) is 37.4 Å². The van der Waals surface area contributed by atoms with Gasteiger partial charge in [0.1, 0.15) is 5.69 Å². The molecule has 1 aromatic heterocycles. The number of piperidine rings is 1. The summed E-state index contributed by atoms with van der Waals surface area (Å²) in [6.45, 7) is 3.35. The zero-order chi connectivity index (χ0) is 23.5. The van der Waals surface area contributed by atoms with Crippen molar-refractivity contribution in [3.05, 3.63) is 58.0 Å². The lowest BCUT2D eigenvalue weighted by Crippen LogP contribution is -2.50. The van der Waals surface area contributed by atoms with Crippen LogP contribution < -0.4 is 16.2 Å². The number of hydrogen-bond acceptors (Lipinski definition) is 5. The van der Waals surface area contributed by atoms with Gasteiger partial charge in [-0.3, -0.25) is 14.4 Å². The van der Waals surface area contributed by atoms with Gasteiger partial charge in [-0.2, -0.15) is 0 Å². The van der Waals surface area contributed by atoms with Gasteiger partial charge >= 0.3 is 6.03 Å². The highest BCUT2D eigenvalue weighted by molar-refractivity contribution is 5.95. The lowest BCUT2D eigenvalue weighted by atomic mass is 9.83. The minimum Gasteiger partial charge on any atom is -0.384 e. The molecule has 9 nitrogen and oxygen atoms in total. The normalized spacial score (nSPS) is 18.9. The smallest absolute Gasteiger partial charge is 0.321 e. The van der Waals surface area contributed by atoms with Gasteiger partial charge in [-0.25, -0.2) is 4.79 Å². The number of anilines is 2. The summed E-state index contributed by atoms with van der Waals surface area (Å²) in [5.41, 5.74) is 2.16. The van der Waals surface area contributed by atoms with Crippen LogP contribution in [0.15, 0.2) is 41.2 Å². The second-order valence-electron chi connectivity index (χ2n) is 8.65. The standard InChI is InChI=1S/C24H28N4O5/c1-15(29)17-3-5-19(6-4-17)25-24(32)27-12-16-11-18(14-27)21-8-7-20(23(31)28(21)13-16)26-22(30)9-10-33-2/h3-8,16,18H,9-14H2,1-2H3,(H,25,32)(H,26,30)/t16-,18+/m0/s1. The van der Waals surface area contributed by atoms with Crippen LogP contribution in [0.2, 0.25) is 0 Å². The topological polar surface area (TPSA) is 110 Å². The molecule has 2 bridgehead atoms. The lowest BCUT2D eigenvalue weighted by Gasteiger charge is -2.42. The minimum absolute atomic E-state index is 0.0247. The predicted molar refractivity (Wildman–Crippen MR) is 124 cm³/mol. The van der Waals surface area contributed by atoms with Crippen LogP contribution in [0, 0.1) is 5.92 Å². The number of ether oxygens (including phenoxy) is 1. The first-order valence-corrected chi connectivity index (χ1v) is 11.0. The average molecular weight is 453 g/mol. The van der Waals surface area contributed by atoms with Gasteiger partial charge in [-0.1, -0.05) is 0 Å². The van der Waals surface area contributed by atoms with Gasteiger partial charge in [-0.05, 0) is 55.7 Å². The maximum Gasteiger partial charge on any atom is 0.321 e. The molecule has 3 amide bonds. The van der Waals surface area contributed by atoms with Crippen LogP contribution in [0.1, 0.15) is 41.7 Å². The van der Waals surface area contributed by atoms with Gasteiger partial charge in [-0.15, -0.1) is 0 Å². The molecule has 0 saturated carbocycles. The highest BCUT2D eigenvalue weighted by Gasteiger charge is 2.36. The zero-order valence-electron chi connectivity index (χ0n) is 18.8. The number of likely N-dealkylation sites (tertiary alicyclic amines) is 1. The van der Waals surface area contributed by atoms with Gasteiger partial charge in [0, 0.05) is 49.6 Å². The molecule has 0 spiro atoms. The van der Waals surface area contributed by atoms with E-state index < -0.39 is 0 Å². The molecule has 33 heavy (non-hydrogen) atoms. The molecule has 0 unspecified atom stereocenters. The van der Waals surface area contributed by atoms with E-state index in [4.69, 9.17) is 4.74 Å². The molecule has 2 aromatic rings. The molecule has 1 fully saturated rings. The van der Waals surface area contributed by atoms with E-state index in [0.717, 1.165) is 12.1 Å². The summed E-state index contributed by atoms with van der Waals surface area (Å²) in [5, 5.41) is 5.58. The van der Waals surface area contributed by atoms with Crippen LogP contribution in [0.4, 0.5) is 16.2 Å². The Morgan fingerprint density at radius 3 is 2.48 bits per heavy atom. The second kappa shape index (κ2) is 9.58. The van der Waals surface area contributed by atoms with Gasteiger partial charge < -0.3 is 24.8 Å². The van der Waals surface area contributed by atoms with Crippen molar-refractivity contribution in [2.45, 2.75) is 32.2 Å². The number of hydrogen-bond donors (Lipinski definition) is 2. The van der Waals surface area contributed by atoms with E-state index in [0.29, 0.717) is 37.5 Å². The molecule has 2 aliphatic rings. The predicted octanol–water partition coefficient (Wildman–Crippen LogP) is 2.68. The van der Waals surface area contributed by atoms with Crippen LogP contribution in [0.3, 0.4) is 0 Å². The highest BCUT2D eigenvalue weighted by atomic mass is 16.5. The number of urea groups is 1. The third-order valence-electron chi connectivity index (χ3n) is 6.24. The van der Waals surface area contributed by atoms with Crippen LogP contribution in [0.25, 0.3) is 0 Å². The van der Waals surface area contributed by atoms with Gasteiger partial charge in [0.05, 0.1) is 13.0 Å². The molecule has 2 aliphatic heterocycles. The van der Waals surface area contributed by atoms with Crippen LogP contribution in [-0.2, 0) is 16.1 Å². The molecule has 1 aromatic carbocycles. The molecule has 3 heterocycles.